The van der Waals surface area contributed by atoms with E-state index in [-0.39, 0.29) is 22.1 Å². The molecular formula is C21H18ClFN2O3S. The summed E-state index contributed by atoms with van der Waals surface area (Å²) in [7, 11) is -3.92. The van der Waals surface area contributed by atoms with Crippen molar-refractivity contribution in [1.29, 1.82) is 0 Å². The molecule has 0 heterocycles. The van der Waals surface area contributed by atoms with E-state index in [9.17, 15) is 17.6 Å². The van der Waals surface area contributed by atoms with Crippen LogP contribution in [0.2, 0.25) is 5.02 Å². The highest BCUT2D eigenvalue weighted by molar-refractivity contribution is 7.92. The normalized spacial score (nSPS) is 11.1. The highest BCUT2D eigenvalue weighted by Gasteiger charge is 2.16. The Labute approximate surface area is 173 Å². The van der Waals surface area contributed by atoms with Crippen molar-refractivity contribution >= 4 is 33.2 Å². The molecule has 0 unspecified atom stereocenters. The molecule has 3 rings (SSSR count). The molecule has 3 aromatic carbocycles. The minimum atomic E-state index is -3.92. The number of sulfonamides is 1. The standard InChI is InChI=1S/C21H18ClFN2O3S/c22-17-5-1-3-15(13-17)11-12-24-21(26)16-4-2-6-20(14-16)29(27,28)25-19-9-7-18(23)8-10-19/h1-10,13-14,25H,11-12H2,(H,24,26). The number of rotatable bonds is 7. The van der Waals surface area contributed by atoms with E-state index in [2.05, 4.69) is 10.0 Å². The Morgan fingerprint density at radius 1 is 0.966 bits per heavy atom. The second-order valence-electron chi connectivity index (χ2n) is 6.28. The highest BCUT2D eigenvalue weighted by atomic mass is 35.5. The van der Waals surface area contributed by atoms with Crippen LogP contribution in [0.3, 0.4) is 0 Å². The minimum Gasteiger partial charge on any atom is -0.352 e. The Kier molecular flexibility index (Phi) is 6.51. The summed E-state index contributed by atoms with van der Waals surface area (Å²) in [5.74, 6) is -0.852. The van der Waals surface area contributed by atoms with E-state index in [0.717, 1.165) is 17.7 Å². The Bertz CT molecular complexity index is 1120. The van der Waals surface area contributed by atoms with Crippen LogP contribution in [-0.4, -0.2) is 20.9 Å². The van der Waals surface area contributed by atoms with Crippen LogP contribution in [0, 0.1) is 5.82 Å². The summed E-state index contributed by atoms with van der Waals surface area (Å²) < 4.78 is 40.4. The number of hydrogen-bond acceptors (Lipinski definition) is 3. The topological polar surface area (TPSA) is 75.3 Å². The van der Waals surface area contributed by atoms with Gasteiger partial charge in [-0.3, -0.25) is 9.52 Å². The first kappa shape index (κ1) is 20.8. The lowest BCUT2D eigenvalue weighted by Crippen LogP contribution is -2.26. The van der Waals surface area contributed by atoms with Crippen molar-refractivity contribution in [2.75, 3.05) is 11.3 Å². The predicted molar refractivity (Wildman–Crippen MR) is 111 cm³/mol. The number of carbonyl (C=O) groups is 1. The molecule has 3 aromatic rings. The number of hydrogen-bond donors (Lipinski definition) is 2. The lowest BCUT2D eigenvalue weighted by Gasteiger charge is -2.10. The number of benzene rings is 3. The molecule has 0 aliphatic heterocycles. The zero-order valence-corrected chi connectivity index (χ0v) is 16.8. The Hall–Kier alpha value is -2.90. The summed E-state index contributed by atoms with van der Waals surface area (Å²) in [5, 5.41) is 3.39. The Balaban J connectivity index is 1.66. The molecular weight excluding hydrogens is 415 g/mol. The third-order valence-corrected chi connectivity index (χ3v) is 5.71. The second-order valence-corrected chi connectivity index (χ2v) is 8.39. The average molecular weight is 433 g/mol. The summed E-state index contributed by atoms with van der Waals surface area (Å²) in [6.07, 6.45) is 0.594. The van der Waals surface area contributed by atoms with E-state index in [4.69, 9.17) is 11.6 Å². The molecule has 0 fully saturated rings. The number of nitrogens with one attached hydrogen (secondary N) is 2. The van der Waals surface area contributed by atoms with Crippen LogP contribution in [0.15, 0.2) is 77.7 Å². The number of amides is 1. The quantitative estimate of drug-likeness (QED) is 0.586. The first-order valence-corrected chi connectivity index (χ1v) is 10.6. The van der Waals surface area contributed by atoms with Crippen LogP contribution < -0.4 is 10.0 Å². The zero-order valence-electron chi connectivity index (χ0n) is 15.2. The van der Waals surface area contributed by atoms with Gasteiger partial charge in [0.2, 0.25) is 0 Å². The van der Waals surface area contributed by atoms with Gasteiger partial charge in [0, 0.05) is 22.8 Å². The van der Waals surface area contributed by atoms with Gasteiger partial charge in [-0.05, 0) is 66.6 Å². The third kappa shape index (κ3) is 5.79. The molecule has 5 nitrogen and oxygen atoms in total. The fraction of sp³-hybridized carbons (Fsp3) is 0.0952. The lowest BCUT2D eigenvalue weighted by molar-refractivity contribution is 0.0954. The smallest absolute Gasteiger partial charge is 0.261 e. The molecule has 29 heavy (non-hydrogen) atoms. The van der Waals surface area contributed by atoms with Crippen LogP contribution in [0.1, 0.15) is 15.9 Å². The molecule has 8 heteroatoms. The van der Waals surface area contributed by atoms with Crippen molar-refractivity contribution in [3.63, 3.8) is 0 Å². The maximum atomic E-state index is 13.0. The largest absolute Gasteiger partial charge is 0.352 e. The van der Waals surface area contributed by atoms with Crippen LogP contribution in [0.25, 0.3) is 0 Å². The molecule has 0 bridgehead atoms. The highest BCUT2D eigenvalue weighted by Crippen LogP contribution is 2.18. The van der Waals surface area contributed by atoms with E-state index < -0.39 is 15.8 Å². The Morgan fingerprint density at radius 3 is 2.41 bits per heavy atom. The molecule has 0 aliphatic rings. The summed E-state index contributed by atoms with van der Waals surface area (Å²) in [4.78, 5) is 12.3. The van der Waals surface area contributed by atoms with Gasteiger partial charge in [0.15, 0.2) is 0 Å². The first-order valence-electron chi connectivity index (χ1n) is 8.74. The van der Waals surface area contributed by atoms with E-state index in [1.165, 1.54) is 36.4 Å². The first-order chi connectivity index (χ1) is 13.8. The molecule has 0 radical (unpaired) electrons. The number of halogens is 2. The van der Waals surface area contributed by atoms with Crippen molar-refractivity contribution in [2.45, 2.75) is 11.3 Å². The zero-order chi connectivity index (χ0) is 20.9. The maximum absolute atomic E-state index is 13.0. The van der Waals surface area contributed by atoms with Gasteiger partial charge in [0.25, 0.3) is 15.9 Å². The number of carbonyl (C=O) groups excluding carboxylic acids is 1. The predicted octanol–water partition coefficient (Wildman–Crippen LogP) is 4.25. The van der Waals surface area contributed by atoms with Gasteiger partial charge < -0.3 is 5.32 Å². The van der Waals surface area contributed by atoms with Gasteiger partial charge in [-0.1, -0.05) is 29.8 Å². The van der Waals surface area contributed by atoms with Crippen molar-refractivity contribution in [3.05, 3.63) is 94.8 Å². The monoisotopic (exact) mass is 432 g/mol. The SMILES string of the molecule is O=C(NCCc1cccc(Cl)c1)c1cccc(S(=O)(=O)Nc2ccc(F)cc2)c1. The van der Waals surface area contributed by atoms with Crippen molar-refractivity contribution < 1.29 is 17.6 Å². The van der Waals surface area contributed by atoms with E-state index in [0.29, 0.717) is 18.0 Å². The van der Waals surface area contributed by atoms with Gasteiger partial charge in [0.1, 0.15) is 5.82 Å². The summed E-state index contributed by atoms with van der Waals surface area (Å²) in [6, 6.07) is 18.0. The molecule has 0 atom stereocenters. The van der Waals surface area contributed by atoms with Gasteiger partial charge in [-0.25, -0.2) is 12.8 Å². The molecule has 0 aliphatic carbocycles. The van der Waals surface area contributed by atoms with Crippen LogP contribution >= 0.6 is 11.6 Å². The van der Waals surface area contributed by atoms with Crippen LogP contribution in [0.4, 0.5) is 10.1 Å². The van der Waals surface area contributed by atoms with Gasteiger partial charge in [-0.2, -0.15) is 0 Å². The fourth-order valence-electron chi connectivity index (χ4n) is 2.65. The molecule has 1 amide bonds. The molecule has 2 N–H and O–H groups in total. The molecule has 0 saturated carbocycles. The summed E-state index contributed by atoms with van der Waals surface area (Å²) in [5.41, 5.74) is 1.43. The van der Waals surface area contributed by atoms with Crippen molar-refractivity contribution in [2.24, 2.45) is 0 Å². The molecule has 0 saturated heterocycles. The molecule has 150 valence electrons. The van der Waals surface area contributed by atoms with Crippen molar-refractivity contribution in [3.8, 4) is 0 Å². The van der Waals surface area contributed by atoms with Crippen molar-refractivity contribution in [1.82, 2.24) is 5.32 Å². The van der Waals surface area contributed by atoms with Gasteiger partial charge in [-0.15, -0.1) is 0 Å². The van der Waals surface area contributed by atoms with Crippen LogP contribution in [0.5, 0.6) is 0 Å². The minimum absolute atomic E-state index is 0.0654. The lowest BCUT2D eigenvalue weighted by atomic mass is 10.1. The average Bonchev–Trinajstić information content (AvgIpc) is 2.70. The Morgan fingerprint density at radius 2 is 1.69 bits per heavy atom. The third-order valence-electron chi connectivity index (χ3n) is 4.09. The van der Waals surface area contributed by atoms with E-state index in [1.807, 2.05) is 18.2 Å². The van der Waals surface area contributed by atoms with E-state index in [1.54, 1.807) is 6.07 Å². The molecule has 0 aromatic heterocycles. The fourth-order valence-corrected chi connectivity index (χ4v) is 3.97. The second kappa shape index (κ2) is 9.07. The van der Waals surface area contributed by atoms with Crippen LogP contribution in [-0.2, 0) is 16.4 Å². The summed E-state index contributed by atoms with van der Waals surface area (Å²) >= 11 is 5.94. The van der Waals surface area contributed by atoms with Gasteiger partial charge in [0.05, 0.1) is 4.90 Å². The number of anilines is 1. The van der Waals surface area contributed by atoms with Gasteiger partial charge >= 0.3 is 0 Å². The maximum Gasteiger partial charge on any atom is 0.261 e. The summed E-state index contributed by atoms with van der Waals surface area (Å²) in [6.45, 7) is 0.379. The molecule has 0 spiro atoms. The van der Waals surface area contributed by atoms with E-state index >= 15 is 0 Å².